The Morgan fingerprint density at radius 2 is 1.86 bits per heavy atom. The van der Waals surface area contributed by atoms with E-state index in [1.54, 1.807) is 24.3 Å². The van der Waals surface area contributed by atoms with E-state index in [1.807, 2.05) is 6.07 Å². The first-order chi connectivity index (χ1) is 14.2. The van der Waals surface area contributed by atoms with Crippen LogP contribution < -0.4 is 16.2 Å². The minimum absolute atomic E-state index is 0.117. The van der Waals surface area contributed by atoms with E-state index in [2.05, 4.69) is 49.9 Å². The summed E-state index contributed by atoms with van der Waals surface area (Å²) in [5.74, 6) is 0.451. The van der Waals surface area contributed by atoms with E-state index in [9.17, 15) is 9.59 Å². The Kier molecular flexibility index (Phi) is 4.19. The molecular weight excluding hydrogens is 370 g/mol. The summed E-state index contributed by atoms with van der Waals surface area (Å²) in [6, 6.07) is 14.8. The van der Waals surface area contributed by atoms with Crippen LogP contribution in [0.15, 0.2) is 54.9 Å². The second-order valence-electron chi connectivity index (χ2n) is 7.31. The predicted octanol–water partition coefficient (Wildman–Crippen LogP) is 1.33. The van der Waals surface area contributed by atoms with Crippen LogP contribution >= 0.6 is 0 Å². The van der Waals surface area contributed by atoms with Gasteiger partial charge in [-0.25, -0.2) is 14.9 Å². The van der Waals surface area contributed by atoms with Crippen molar-refractivity contribution in [2.24, 2.45) is 5.92 Å². The highest BCUT2D eigenvalue weighted by atomic mass is 16.2. The maximum atomic E-state index is 12.3. The fraction of sp³-hybridized carbons (Fsp3) is 0.250. The third-order valence-corrected chi connectivity index (χ3v) is 5.66. The summed E-state index contributed by atoms with van der Waals surface area (Å²) in [5.41, 5.74) is 8.73. The lowest BCUT2D eigenvalue weighted by atomic mass is 9.92. The van der Waals surface area contributed by atoms with Crippen molar-refractivity contribution in [3.63, 3.8) is 0 Å². The molecule has 0 spiro atoms. The van der Waals surface area contributed by atoms with Gasteiger partial charge in [-0.15, -0.1) is 5.10 Å². The van der Waals surface area contributed by atoms with Crippen LogP contribution in [-0.2, 0) is 6.42 Å². The lowest BCUT2D eigenvalue weighted by Crippen LogP contribution is -2.48. The lowest BCUT2D eigenvalue weighted by Gasteiger charge is -2.13. The molecule has 5 rings (SSSR count). The van der Waals surface area contributed by atoms with E-state index < -0.39 is 11.9 Å². The molecule has 0 aliphatic heterocycles. The molecule has 9 nitrogen and oxygen atoms in total. The van der Waals surface area contributed by atoms with Gasteiger partial charge in [0.15, 0.2) is 0 Å². The van der Waals surface area contributed by atoms with E-state index in [0.29, 0.717) is 17.4 Å². The maximum Gasteiger partial charge on any atom is 0.333 e. The number of carbonyl (C=O) groups is 2. The predicted molar refractivity (Wildman–Crippen MR) is 103 cm³/mol. The van der Waals surface area contributed by atoms with Crippen molar-refractivity contribution in [1.29, 1.82) is 0 Å². The summed E-state index contributed by atoms with van der Waals surface area (Å²) in [6.45, 7) is 0. The standard InChI is InChI=1S/C20H19N7O2/c28-19(13-5-8-14(9-6-13)27-11-21-25-26-27)23-24-20(29)22-18-16-10-7-12-3-1-2-4-15(12)17(16)18/h1-6,8-9,11,16-18H,7,10H2,(H,23,28)(H2,22,24,29). The first kappa shape index (κ1) is 17.4. The highest BCUT2D eigenvalue weighted by molar-refractivity contribution is 5.95. The molecule has 1 heterocycles. The van der Waals surface area contributed by atoms with Crippen LogP contribution in [0.3, 0.4) is 0 Å². The molecule has 2 aliphatic rings. The van der Waals surface area contributed by atoms with Crippen LogP contribution in [-0.4, -0.2) is 38.2 Å². The van der Waals surface area contributed by atoms with E-state index in [1.165, 1.54) is 22.1 Å². The van der Waals surface area contributed by atoms with Crippen molar-refractivity contribution >= 4 is 11.9 Å². The highest BCUT2D eigenvalue weighted by Crippen LogP contribution is 2.54. The van der Waals surface area contributed by atoms with Crippen LogP contribution in [0.4, 0.5) is 4.79 Å². The van der Waals surface area contributed by atoms with E-state index in [-0.39, 0.29) is 6.04 Å². The number of nitrogens with zero attached hydrogens (tertiary/aromatic N) is 4. The number of carbonyl (C=O) groups excluding carboxylic acids is 2. The van der Waals surface area contributed by atoms with Crippen molar-refractivity contribution < 1.29 is 9.59 Å². The second-order valence-corrected chi connectivity index (χ2v) is 7.31. The molecule has 146 valence electrons. The number of rotatable bonds is 3. The molecule has 9 heteroatoms. The number of tetrazole rings is 1. The Morgan fingerprint density at radius 1 is 1.03 bits per heavy atom. The third kappa shape index (κ3) is 3.31. The average Bonchev–Trinajstić information content (AvgIpc) is 3.18. The summed E-state index contributed by atoms with van der Waals surface area (Å²) >= 11 is 0. The Balaban J connectivity index is 1.14. The van der Waals surface area contributed by atoms with Gasteiger partial charge in [0.05, 0.1) is 5.69 Å². The van der Waals surface area contributed by atoms with Crippen molar-refractivity contribution in [2.45, 2.75) is 24.8 Å². The SMILES string of the molecule is O=C(NNC(=O)c1ccc(-n2cnnn2)cc1)NC1C2CCc3ccccc3C21. The normalized spacial score (nSPS) is 21.4. The number of aromatic nitrogens is 4. The number of amides is 3. The Morgan fingerprint density at radius 3 is 2.66 bits per heavy atom. The number of aryl methyl sites for hydroxylation is 1. The second kappa shape index (κ2) is 7.01. The Hall–Kier alpha value is -3.75. The van der Waals surface area contributed by atoms with Crippen LogP contribution in [0.5, 0.6) is 0 Å². The zero-order valence-corrected chi connectivity index (χ0v) is 15.4. The largest absolute Gasteiger partial charge is 0.333 e. The summed E-state index contributed by atoms with van der Waals surface area (Å²) in [7, 11) is 0. The minimum Gasteiger partial charge on any atom is -0.333 e. The number of hydrazine groups is 1. The van der Waals surface area contributed by atoms with Crippen LogP contribution in [0, 0.1) is 5.92 Å². The van der Waals surface area contributed by atoms with Gasteiger partial charge in [0.1, 0.15) is 6.33 Å². The highest BCUT2D eigenvalue weighted by Gasteiger charge is 2.53. The number of hydrogen-bond acceptors (Lipinski definition) is 5. The minimum atomic E-state index is -0.402. The maximum absolute atomic E-state index is 12.3. The summed E-state index contributed by atoms with van der Waals surface area (Å²) in [6.07, 6.45) is 3.59. The van der Waals surface area contributed by atoms with Crippen molar-refractivity contribution in [3.8, 4) is 5.69 Å². The first-order valence-corrected chi connectivity index (χ1v) is 9.49. The van der Waals surface area contributed by atoms with Crippen LogP contribution in [0.25, 0.3) is 5.69 Å². The Labute approximate surface area is 166 Å². The van der Waals surface area contributed by atoms with Crippen molar-refractivity contribution in [2.75, 3.05) is 0 Å². The number of fused-ring (bicyclic) bond motifs is 3. The molecular formula is C20H19N7O2. The monoisotopic (exact) mass is 389 g/mol. The molecule has 3 unspecified atom stereocenters. The molecule has 2 aromatic carbocycles. The van der Waals surface area contributed by atoms with Gasteiger partial charge < -0.3 is 5.32 Å². The van der Waals surface area contributed by atoms with Gasteiger partial charge in [-0.3, -0.25) is 10.2 Å². The first-order valence-electron chi connectivity index (χ1n) is 9.49. The molecule has 3 atom stereocenters. The molecule has 1 saturated carbocycles. The topological polar surface area (TPSA) is 114 Å². The van der Waals surface area contributed by atoms with Gasteiger partial charge in [-0.1, -0.05) is 24.3 Å². The third-order valence-electron chi connectivity index (χ3n) is 5.66. The average molecular weight is 389 g/mol. The number of urea groups is 1. The van der Waals surface area contributed by atoms with E-state index in [0.717, 1.165) is 18.5 Å². The van der Waals surface area contributed by atoms with Crippen molar-refractivity contribution in [1.82, 2.24) is 36.4 Å². The smallest absolute Gasteiger partial charge is 0.333 e. The fourth-order valence-corrected chi connectivity index (χ4v) is 4.18. The number of hydrogen-bond donors (Lipinski definition) is 3. The van der Waals surface area contributed by atoms with Crippen LogP contribution in [0.2, 0.25) is 0 Å². The summed E-state index contributed by atoms with van der Waals surface area (Å²) < 4.78 is 1.49. The molecule has 3 N–H and O–H groups in total. The number of nitrogens with one attached hydrogen (secondary N) is 3. The van der Waals surface area contributed by atoms with Gasteiger partial charge in [-0.05, 0) is 64.6 Å². The van der Waals surface area contributed by atoms with Gasteiger partial charge in [-0.2, -0.15) is 0 Å². The summed E-state index contributed by atoms with van der Waals surface area (Å²) in [5, 5.41) is 13.9. The molecule has 3 aromatic rings. The van der Waals surface area contributed by atoms with Crippen molar-refractivity contribution in [3.05, 3.63) is 71.5 Å². The van der Waals surface area contributed by atoms with Gasteiger partial charge in [0.25, 0.3) is 5.91 Å². The van der Waals surface area contributed by atoms with Gasteiger partial charge in [0, 0.05) is 17.5 Å². The van der Waals surface area contributed by atoms with Crippen LogP contribution in [0.1, 0.15) is 33.8 Å². The van der Waals surface area contributed by atoms with Gasteiger partial charge in [0.2, 0.25) is 0 Å². The molecule has 1 aromatic heterocycles. The van der Waals surface area contributed by atoms with Gasteiger partial charge >= 0.3 is 6.03 Å². The Bertz CT molecular complexity index is 1050. The van der Waals surface area contributed by atoms with E-state index in [4.69, 9.17) is 0 Å². The molecule has 3 amide bonds. The molecule has 0 bridgehead atoms. The molecule has 0 saturated heterocycles. The zero-order valence-electron chi connectivity index (χ0n) is 15.4. The molecule has 0 radical (unpaired) electrons. The fourth-order valence-electron chi connectivity index (χ4n) is 4.18. The number of benzene rings is 2. The van der Waals surface area contributed by atoms with E-state index >= 15 is 0 Å². The summed E-state index contributed by atoms with van der Waals surface area (Å²) in [4.78, 5) is 24.5. The zero-order chi connectivity index (χ0) is 19.8. The molecule has 2 aliphatic carbocycles. The molecule has 1 fully saturated rings. The quantitative estimate of drug-likeness (QED) is 0.585. The lowest BCUT2D eigenvalue weighted by molar-refractivity contribution is 0.0936. The molecule has 29 heavy (non-hydrogen) atoms.